The normalized spacial score (nSPS) is 42.6. The number of Topliss-reactive ketones (excluding diaryl/α,β-unsaturated/α-hetero) is 1. The van der Waals surface area contributed by atoms with Crippen LogP contribution >= 0.6 is 0 Å². The molecular weight excluding hydrogens is 460 g/mol. The average Bonchev–Trinajstić information content (AvgIpc) is 3.16. The third kappa shape index (κ3) is 4.21. The molecule has 200 valence electrons. The van der Waals surface area contributed by atoms with Crippen molar-refractivity contribution in [3.05, 3.63) is 23.8 Å². The van der Waals surface area contributed by atoms with E-state index in [9.17, 15) is 24.6 Å². The summed E-state index contributed by atoms with van der Waals surface area (Å²) in [5.41, 5.74) is -2.19. The van der Waals surface area contributed by atoms with Crippen molar-refractivity contribution in [1.29, 1.82) is 0 Å². The number of hydrogen-bond donors (Lipinski definition) is 2. The number of allylic oxidation sites excluding steroid dienone is 4. The van der Waals surface area contributed by atoms with Crippen LogP contribution in [0.1, 0.15) is 86.5 Å². The van der Waals surface area contributed by atoms with Gasteiger partial charge in [0.2, 0.25) is 0 Å². The van der Waals surface area contributed by atoms with Crippen LogP contribution in [0, 0.1) is 29.1 Å². The molecule has 8 atom stereocenters. The lowest BCUT2D eigenvalue weighted by Crippen LogP contribution is -2.71. The highest BCUT2D eigenvalue weighted by Crippen LogP contribution is 2.65. The number of ether oxygens (including phenoxy) is 2. The van der Waals surface area contributed by atoms with Crippen LogP contribution in [0.3, 0.4) is 0 Å². The van der Waals surface area contributed by atoms with Gasteiger partial charge in [0.25, 0.3) is 0 Å². The van der Waals surface area contributed by atoms with Gasteiger partial charge in [-0.3, -0.25) is 14.4 Å². The number of ketones is 2. The molecule has 1 aliphatic heterocycles. The Morgan fingerprint density at radius 3 is 2.50 bits per heavy atom. The number of aliphatic hydroxyl groups is 2. The van der Waals surface area contributed by atoms with E-state index < -0.39 is 40.4 Å². The van der Waals surface area contributed by atoms with Crippen LogP contribution in [0.25, 0.3) is 0 Å². The van der Waals surface area contributed by atoms with Crippen LogP contribution in [0.5, 0.6) is 0 Å². The number of carbonyl (C=O) groups is 3. The zero-order valence-electron chi connectivity index (χ0n) is 22.5. The molecule has 4 rings (SSSR count). The molecule has 2 N–H and O–H groups in total. The highest BCUT2D eigenvalue weighted by molar-refractivity contribution is 6.01. The third-order valence-electron chi connectivity index (χ3n) is 9.78. The lowest BCUT2D eigenvalue weighted by Gasteiger charge is -2.62. The van der Waals surface area contributed by atoms with E-state index >= 15 is 0 Å². The molecule has 0 amide bonds. The largest absolute Gasteiger partial charge is 0.459 e. The zero-order valence-corrected chi connectivity index (χ0v) is 22.5. The molecule has 2 saturated carbocycles. The van der Waals surface area contributed by atoms with Gasteiger partial charge >= 0.3 is 5.97 Å². The highest BCUT2D eigenvalue weighted by Gasteiger charge is 2.71. The molecule has 7 heteroatoms. The molecule has 0 aromatic rings. The Morgan fingerprint density at radius 2 is 1.86 bits per heavy atom. The van der Waals surface area contributed by atoms with Crippen molar-refractivity contribution >= 4 is 17.5 Å². The average molecular weight is 503 g/mol. The van der Waals surface area contributed by atoms with Crippen molar-refractivity contribution in [3.63, 3.8) is 0 Å². The first kappa shape index (κ1) is 27.2. The Morgan fingerprint density at radius 1 is 1.17 bits per heavy atom. The van der Waals surface area contributed by atoms with Crippen molar-refractivity contribution < 1.29 is 34.1 Å². The summed E-state index contributed by atoms with van der Waals surface area (Å²) >= 11 is 0. The third-order valence-corrected chi connectivity index (χ3v) is 9.78. The molecule has 0 aromatic carbocycles. The Balaban J connectivity index is 1.73. The highest BCUT2D eigenvalue weighted by atomic mass is 16.7. The van der Waals surface area contributed by atoms with Crippen molar-refractivity contribution in [3.8, 4) is 0 Å². The topological polar surface area (TPSA) is 110 Å². The van der Waals surface area contributed by atoms with E-state index in [0.717, 1.165) is 12.0 Å². The molecule has 3 aliphatic carbocycles. The predicted molar refractivity (Wildman–Crippen MR) is 134 cm³/mol. The Kier molecular flexibility index (Phi) is 6.93. The molecular formula is C29H42O7. The maximum atomic E-state index is 13.0. The van der Waals surface area contributed by atoms with Crippen molar-refractivity contribution in [2.75, 3.05) is 0 Å². The fraction of sp³-hybridized carbons (Fsp3) is 0.759. The monoisotopic (exact) mass is 502 g/mol. The quantitative estimate of drug-likeness (QED) is 0.527. The number of hydrogen-bond acceptors (Lipinski definition) is 7. The van der Waals surface area contributed by atoms with Crippen molar-refractivity contribution in [2.24, 2.45) is 29.1 Å². The first-order chi connectivity index (χ1) is 16.7. The molecule has 1 heterocycles. The van der Waals surface area contributed by atoms with Gasteiger partial charge in [0.05, 0.1) is 5.92 Å². The predicted octanol–water partition coefficient (Wildman–Crippen LogP) is 4.05. The maximum Gasteiger partial charge on any atom is 0.303 e. The second-order valence-electron chi connectivity index (χ2n) is 12.4. The summed E-state index contributed by atoms with van der Waals surface area (Å²) in [5.74, 6) is -2.91. The van der Waals surface area contributed by atoms with Gasteiger partial charge in [0.15, 0.2) is 11.6 Å². The Hall–Kier alpha value is -1.83. The second-order valence-corrected chi connectivity index (χ2v) is 12.4. The number of carbonyl (C=O) groups excluding carboxylic acids is 3. The Bertz CT molecular complexity index is 994. The molecule has 0 unspecified atom stereocenters. The maximum absolute atomic E-state index is 13.0. The summed E-state index contributed by atoms with van der Waals surface area (Å²) in [6, 6.07) is 0. The van der Waals surface area contributed by atoms with Crippen molar-refractivity contribution in [1.82, 2.24) is 0 Å². The molecule has 3 fully saturated rings. The molecule has 0 aromatic heterocycles. The van der Waals surface area contributed by atoms with Gasteiger partial charge in [0, 0.05) is 25.2 Å². The zero-order chi connectivity index (χ0) is 26.7. The minimum atomic E-state index is -1.71. The fourth-order valence-corrected chi connectivity index (χ4v) is 7.41. The van der Waals surface area contributed by atoms with Crippen LogP contribution in [0.4, 0.5) is 0 Å². The molecule has 1 saturated heterocycles. The van der Waals surface area contributed by atoms with E-state index in [0.29, 0.717) is 38.0 Å². The summed E-state index contributed by atoms with van der Waals surface area (Å²) in [6.45, 7) is 10.9. The summed E-state index contributed by atoms with van der Waals surface area (Å²) in [4.78, 5) is 37.2. The van der Waals surface area contributed by atoms with E-state index in [1.807, 2.05) is 6.08 Å². The summed E-state index contributed by atoms with van der Waals surface area (Å²) in [7, 11) is 0. The number of rotatable bonds is 6. The van der Waals surface area contributed by atoms with Gasteiger partial charge in [-0.25, -0.2) is 0 Å². The first-order valence-corrected chi connectivity index (χ1v) is 13.5. The molecule has 0 bridgehead atoms. The van der Waals surface area contributed by atoms with E-state index in [1.165, 1.54) is 6.92 Å². The van der Waals surface area contributed by atoms with Gasteiger partial charge in [-0.15, -0.1) is 0 Å². The van der Waals surface area contributed by atoms with Crippen LogP contribution in [-0.4, -0.2) is 50.8 Å². The standard InChI is InChI=1S/C29H42O7/c1-17(2)7-10-24(32)18(3)29(34)14-13-28(36-29)22-9-8-20-15-21(31)11-12-26(20,5)23(22)16-25(27(28,6)33)35-19(4)30/h11-12,15,17-18,22-23,25,33-34H,7-10,13-14,16H2,1-6H3/t18-,22-,23+,25+,26+,27+,28-,29+/m1/s1. The molecule has 4 aliphatic rings. The SMILES string of the molecule is CC(=O)O[C@H]1C[C@H]2[C@@H](CCC3=CC(=O)C=C[C@@]32C)[C@]2(CC[C@@](O)([C@H](C)C(=O)CCC(C)C)O2)[C@@]1(C)O. The smallest absolute Gasteiger partial charge is 0.303 e. The van der Waals surface area contributed by atoms with E-state index in [4.69, 9.17) is 9.47 Å². The summed E-state index contributed by atoms with van der Waals surface area (Å²) < 4.78 is 12.3. The Labute approximate surface area is 214 Å². The molecule has 7 nitrogen and oxygen atoms in total. The van der Waals surface area contributed by atoms with E-state index in [2.05, 4.69) is 20.8 Å². The van der Waals surface area contributed by atoms with E-state index in [1.54, 1.807) is 26.0 Å². The lowest BCUT2D eigenvalue weighted by molar-refractivity contribution is -0.332. The van der Waals surface area contributed by atoms with Gasteiger partial charge in [0.1, 0.15) is 23.1 Å². The first-order valence-electron chi connectivity index (χ1n) is 13.5. The second kappa shape index (κ2) is 9.17. The lowest BCUT2D eigenvalue weighted by atomic mass is 9.47. The minimum absolute atomic E-state index is 0.0322. The summed E-state index contributed by atoms with van der Waals surface area (Å²) in [6.07, 6.45) is 7.79. The fourth-order valence-electron chi connectivity index (χ4n) is 7.41. The molecule has 1 spiro atoms. The van der Waals surface area contributed by atoms with Gasteiger partial charge < -0.3 is 19.7 Å². The van der Waals surface area contributed by atoms with Gasteiger partial charge in [-0.05, 0) is 68.9 Å². The minimum Gasteiger partial charge on any atom is -0.459 e. The number of fused-ring (bicyclic) bond motifs is 4. The van der Waals surface area contributed by atoms with Crippen molar-refractivity contribution in [2.45, 2.75) is 110 Å². The summed E-state index contributed by atoms with van der Waals surface area (Å²) in [5, 5.41) is 23.7. The van der Waals surface area contributed by atoms with Crippen LogP contribution in [0.2, 0.25) is 0 Å². The molecule has 0 radical (unpaired) electrons. The number of esters is 1. The van der Waals surface area contributed by atoms with Gasteiger partial charge in [-0.2, -0.15) is 0 Å². The van der Waals surface area contributed by atoms with Crippen LogP contribution in [0.15, 0.2) is 23.8 Å². The van der Waals surface area contributed by atoms with Gasteiger partial charge in [-0.1, -0.05) is 39.3 Å². The molecule has 36 heavy (non-hydrogen) atoms. The van der Waals surface area contributed by atoms with Crippen LogP contribution in [-0.2, 0) is 23.9 Å². The van der Waals surface area contributed by atoms with E-state index in [-0.39, 0.29) is 29.8 Å². The van der Waals surface area contributed by atoms with Crippen LogP contribution < -0.4 is 0 Å².